The largest absolute Gasteiger partial charge is 0.417 e. The van der Waals surface area contributed by atoms with Crippen molar-refractivity contribution in [2.75, 3.05) is 17.9 Å². The van der Waals surface area contributed by atoms with E-state index in [9.17, 15) is 31.2 Å². The van der Waals surface area contributed by atoms with Gasteiger partial charge in [-0.15, -0.1) is 0 Å². The zero-order valence-electron chi connectivity index (χ0n) is 25.4. The maximum absolute atomic E-state index is 14.3. The number of likely N-dealkylation sites (N-methyl/N-ethyl adjacent to an activating group) is 1. The highest BCUT2D eigenvalue weighted by molar-refractivity contribution is 7.92. The SMILES string of the molecule is CNC(=O)C(Cc1ccccc1)N(Cc1ccc(C)cc1)C(=O)CN(c1ccc(Cl)c(C(F)(F)F)c1)S(=O)(=O)c1ccc(C)cc1. The Bertz CT molecular complexity index is 1780. The van der Waals surface area contributed by atoms with Crippen LogP contribution >= 0.6 is 11.6 Å². The fourth-order valence-electron chi connectivity index (χ4n) is 4.86. The summed E-state index contributed by atoms with van der Waals surface area (Å²) in [6, 6.07) is 23.5. The van der Waals surface area contributed by atoms with E-state index in [0.717, 1.165) is 28.8 Å². The number of nitrogens with zero attached hydrogens (tertiary/aromatic N) is 2. The molecule has 0 saturated carbocycles. The molecule has 0 aromatic heterocycles. The number of alkyl halides is 3. The molecular formula is C34H33ClF3N3O4S. The van der Waals surface area contributed by atoms with Gasteiger partial charge < -0.3 is 10.2 Å². The lowest BCUT2D eigenvalue weighted by Gasteiger charge is -2.33. The Hall–Kier alpha value is -4.35. The average molecular weight is 672 g/mol. The molecule has 2 amide bonds. The molecule has 1 unspecified atom stereocenters. The van der Waals surface area contributed by atoms with Gasteiger partial charge >= 0.3 is 6.18 Å². The molecule has 0 aliphatic carbocycles. The number of nitrogens with one attached hydrogen (secondary N) is 1. The number of hydrogen-bond acceptors (Lipinski definition) is 4. The number of amides is 2. The van der Waals surface area contributed by atoms with E-state index in [1.165, 1.54) is 24.1 Å². The van der Waals surface area contributed by atoms with E-state index in [4.69, 9.17) is 11.6 Å². The zero-order chi connectivity index (χ0) is 33.6. The van der Waals surface area contributed by atoms with Crippen molar-refractivity contribution in [1.82, 2.24) is 10.2 Å². The molecule has 0 heterocycles. The second-order valence-electron chi connectivity index (χ2n) is 10.8. The Morgan fingerprint density at radius 1 is 0.848 bits per heavy atom. The van der Waals surface area contributed by atoms with Gasteiger partial charge in [0.05, 0.1) is 21.2 Å². The van der Waals surface area contributed by atoms with Crippen molar-refractivity contribution >= 4 is 39.1 Å². The highest BCUT2D eigenvalue weighted by Crippen LogP contribution is 2.38. The van der Waals surface area contributed by atoms with E-state index in [1.54, 1.807) is 55.5 Å². The normalized spacial score (nSPS) is 12.3. The third-order valence-corrected chi connectivity index (χ3v) is 9.54. The van der Waals surface area contributed by atoms with Crippen molar-refractivity contribution in [2.45, 2.75) is 43.9 Å². The molecule has 46 heavy (non-hydrogen) atoms. The molecule has 0 spiro atoms. The van der Waals surface area contributed by atoms with Crippen molar-refractivity contribution in [3.05, 3.63) is 130 Å². The fourth-order valence-corrected chi connectivity index (χ4v) is 6.49. The Morgan fingerprint density at radius 2 is 1.43 bits per heavy atom. The summed E-state index contributed by atoms with van der Waals surface area (Å²) in [5.41, 5.74) is 1.46. The molecule has 1 N–H and O–H groups in total. The summed E-state index contributed by atoms with van der Waals surface area (Å²) >= 11 is 5.85. The highest BCUT2D eigenvalue weighted by atomic mass is 35.5. The van der Waals surface area contributed by atoms with Crippen LogP contribution in [-0.4, -0.2) is 44.8 Å². The van der Waals surface area contributed by atoms with E-state index >= 15 is 0 Å². The van der Waals surface area contributed by atoms with Crippen molar-refractivity contribution < 1.29 is 31.2 Å². The molecule has 0 saturated heterocycles. The third kappa shape index (κ3) is 8.27. The molecule has 7 nitrogen and oxygen atoms in total. The number of benzene rings is 4. The summed E-state index contributed by atoms with van der Waals surface area (Å²) in [6.07, 6.45) is -4.80. The van der Waals surface area contributed by atoms with Crippen molar-refractivity contribution in [2.24, 2.45) is 0 Å². The summed E-state index contributed by atoms with van der Waals surface area (Å²) in [7, 11) is -3.16. The van der Waals surface area contributed by atoms with E-state index in [2.05, 4.69) is 5.32 Å². The number of carbonyl (C=O) groups excluding carboxylic acids is 2. The van der Waals surface area contributed by atoms with Gasteiger partial charge in [-0.25, -0.2) is 8.42 Å². The van der Waals surface area contributed by atoms with Crippen LogP contribution in [-0.2, 0) is 38.8 Å². The summed E-state index contributed by atoms with van der Waals surface area (Å²) < 4.78 is 70.4. The average Bonchev–Trinajstić information content (AvgIpc) is 3.02. The predicted molar refractivity (Wildman–Crippen MR) is 172 cm³/mol. The predicted octanol–water partition coefficient (Wildman–Crippen LogP) is 6.56. The van der Waals surface area contributed by atoms with Gasteiger partial charge in [0.15, 0.2) is 0 Å². The van der Waals surface area contributed by atoms with Crippen LogP contribution in [0.1, 0.15) is 27.8 Å². The number of halogens is 4. The quantitative estimate of drug-likeness (QED) is 0.196. The minimum absolute atomic E-state index is 0.0725. The standard InChI is InChI=1S/C34H33ClF3N3O4S/c1-23-9-13-26(14-10-23)21-40(31(33(43)39-3)19-25-7-5-4-6-8-25)32(42)22-41(46(44,45)28-16-11-24(2)12-17-28)27-15-18-30(35)29(20-27)34(36,37)38/h4-18,20,31H,19,21-22H2,1-3H3,(H,39,43). The first-order valence-electron chi connectivity index (χ1n) is 14.3. The highest BCUT2D eigenvalue weighted by Gasteiger charge is 2.37. The van der Waals surface area contributed by atoms with Gasteiger partial charge in [-0.05, 0) is 55.3 Å². The molecule has 0 fully saturated rings. The van der Waals surface area contributed by atoms with Crippen molar-refractivity contribution in [3.8, 4) is 0 Å². The summed E-state index contributed by atoms with van der Waals surface area (Å²) in [5.74, 6) is -1.30. The first kappa shape index (κ1) is 34.5. The smallest absolute Gasteiger partial charge is 0.357 e. The van der Waals surface area contributed by atoms with Gasteiger partial charge in [0, 0.05) is 20.0 Å². The van der Waals surface area contributed by atoms with Crippen LogP contribution in [0, 0.1) is 13.8 Å². The molecule has 0 radical (unpaired) electrons. The Balaban J connectivity index is 1.84. The van der Waals surface area contributed by atoms with Crippen LogP contribution in [0.3, 0.4) is 0 Å². The minimum atomic E-state index is -4.89. The Morgan fingerprint density at radius 3 is 2.00 bits per heavy atom. The maximum atomic E-state index is 14.3. The van der Waals surface area contributed by atoms with Crippen molar-refractivity contribution in [3.63, 3.8) is 0 Å². The molecule has 0 aliphatic heterocycles. The number of carbonyl (C=O) groups is 2. The minimum Gasteiger partial charge on any atom is -0.357 e. The zero-order valence-corrected chi connectivity index (χ0v) is 27.0. The molecule has 0 bridgehead atoms. The monoisotopic (exact) mass is 671 g/mol. The Labute approximate surface area is 271 Å². The molecule has 0 aliphatic rings. The van der Waals surface area contributed by atoms with E-state index in [-0.39, 0.29) is 17.9 Å². The van der Waals surface area contributed by atoms with Gasteiger partial charge in [0.1, 0.15) is 12.6 Å². The number of aryl methyl sites for hydroxylation is 2. The lowest BCUT2D eigenvalue weighted by atomic mass is 10.0. The van der Waals surface area contributed by atoms with Crippen LogP contribution < -0.4 is 9.62 Å². The first-order valence-corrected chi connectivity index (χ1v) is 16.1. The Kier molecular flexibility index (Phi) is 10.8. The molecule has 4 aromatic rings. The summed E-state index contributed by atoms with van der Waals surface area (Å²) in [5, 5.41) is 1.96. The summed E-state index contributed by atoms with van der Waals surface area (Å²) in [6.45, 7) is 2.67. The molecule has 12 heteroatoms. The molecule has 242 valence electrons. The molecule has 4 aromatic carbocycles. The van der Waals surface area contributed by atoms with Gasteiger partial charge in [-0.2, -0.15) is 13.2 Å². The number of hydrogen-bond donors (Lipinski definition) is 1. The number of anilines is 1. The van der Waals surface area contributed by atoms with E-state index in [1.807, 2.05) is 25.1 Å². The van der Waals surface area contributed by atoms with Gasteiger partial charge in [-0.3, -0.25) is 13.9 Å². The van der Waals surface area contributed by atoms with Gasteiger partial charge in [-0.1, -0.05) is 89.5 Å². The molecule has 4 rings (SSSR count). The van der Waals surface area contributed by atoms with Crippen LogP contribution in [0.15, 0.2) is 102 Å². The summed E-state index contributed by atoms with van der Waals surface area (Å²) in [4.78, 5) is 28.7. The van der Waals surface area contributed by atoms with Crippen LogP contribution in [0.5, 0.6) is 0 Å². The van der Waals surface area contributed by atoms with Crippen LogP contribution in [0.25, 0.3) is 0 Å². The van der Waals surface area contributed by atoms with Gasteiger partial charge in [0.2, 0.25) is 11.8 Å². The molecule has 1 atom stereocenters. The lowest BCUT2D eigenvalue weighted by Crippen LogP contribution is -2.53. The van der Waals surface area contributed by atoms with E-state index < -0.39 is 56.9 Å². The third-order valence-electron chi connectivity index (χ3n) is 7.42. The topological polar surface area (TPSA) is 86.8 Å². The molecular weight excluding hydrogens is 639 g/mol. The maximum Gasteiger partial charge on any atom is 0.417 e. The second kappa shape index (κ2) is 14.4. The number of rotatable bonds is 11. The lowest BCUT2D eigenvalue weighted by molar-refractivity contribution is -0.139. The second-order valence-corrected chi connectivity index (χ2v) is 13.1. The first-order chi connectivity index (χ1) is 21.7. The number of sulfonamides is 1. The van der Waals surface area contributed by atoms with Gasteiger partial charge in [0.25, 0.3) is 10.0 Å². The fraction of sp³-hybridized carbons (Fsp3) is 0.235. The van der Waals surface area contributed by atoms with Crippen LogP contribution in [0.2, 0.25) is 5.02 Å². The van der Waals surface area contributed by atoms with Crippen molar-refractivity contribution in [1.29, 1.82) is 0 Å². The van der Waals surface area contributed by atoms with E-state index in [0.29, 0.717) is 15.9 Å². The van der Waals surface area contributed by atoms with Crippen LogP contribution in [0.4, 0.5) is 18.9 Å².